The highest BCUT2D eigenvalue weighted by atomic mass is 32.2. The van der Waals surface area contributed by atoms with Crippen LogP contribution in [-0.2, 0) is 25.0 Å². The van der Waals surface area contributed by atoms with Gasteiger partial charge in [-0.2, -0.15) is 26.3 Å². The van der Waals surface area contributed by atoms with Gasteiger partial charge in [0.2, 0.25) is 0 Å². The fourth-order valence-corrected chi connectivity index (χ4v) is 7.47. The molecule has 1 N–H and O–H groups in total. The molecule has 1 saturated carbocycles. The second-order valence-corrected chi connectivity index (χ2v) is 12.3. The van der Waals surface area contributed by atoms with Crippen molar-refractivity contribution in [1.82, 2.24) is 10.2 Å². The first-order valence-corrected chi connectivity index (χ1v) is 14.1. The molecular weight excluding hydrogens is 588 g/mol. The van der Waals surface area contributed by atoms with Gasteiger partial charge in [0.15, 0.2) is 9.84 Å². The molecule has 15 heteroatoms. The van der Waals surface area contributed by atoms with E-state index in [2.05, 4.69) is 5.32 Å². The third kappa shape index (κ3) is 5.62. The van der Waals surface area contributed by atoms with E-state index in [9.17, 15) is 48.3 Å². The Bertz CT molecular complexity index is 1320. The van der Waals surface area contributed by atoms with Crippen molar-refractivity contribution < 1.29 is 53.1 Å². The van der Waals surface area contributed by atoms with Crippen molar-refractivity contribution in [3.05, 3.63) is 65.5 Å². The van der Waals surface area contributed by atoms with Crippen molar-refractivity contribution in [2.45, 2.75) is 59.4 Å². The molecule has 2 aromatic carbocycles. The Kier molecular flexibility index (Phi) is 8.35. The summed E-state index contributed by atoms with van der Waals surface area (Å²) in [6.07, 6.45) is -12.8. The third-order valence-electron chi connectivity index (χ3n) is 7.65. The predicted molar refractivity (Wildman–Crippen MR) is 130 cm³/mol. The van der Waals surface area contributed by atoms with Crippen LogP contribution in [-0.4, -0.2) is 64.0 Å². The average molecular weight is 615 g/mol. The molecule has 0 bridgehead atoms. The van der Waals surface area contributed by atoms with E-state index in [1.807, 2.05) is 0 Å². The van der Waals surface area contributed by atoms with Crippen molar-refractivity contribution >= 4 is 15.9 Å². The van der Waals surface area contributed by atoms with Gasteiger partial charge in [-0.05, 0) is 55.5 Å². The number of amides is 2. The van der Waals surface area contributed by atoms with Crippen LogP contribution in [0.4, 0.5) is 39.9 Å². The van der Waals surface area contributed by atoms with Crippen molar-refractivity contribution in [2.24, 2.45) is 0 Å². The number of urea groups is 1. The van der Waals surface area contributed by atoms with Crippen molar-refractivity contribution in [3.63, 3.8) is 0 Å². The molecule has 2 amide bonds. The van der Waals surface area contributed by atoms with E-state index in [-0.39, 0.29) is 54.3 Å². The number of morpholine rings is 1. The maximum Gasteiger partial charge on any atom is 0.435 e. The molecule has 2 aliphatic rings. The Morgan fingerprint density at radius 3 is 1.85 bits per heavy atom. The standard InChI is InChI=1S/C26H26F8N2O4S/c27-19-5-7-21(8-6-19)41(38,39)23(11-9-20(10-12-23)35-22(37)36-13-15-40-16-14-36)17-1-3-18(4-2-17)24(28,25(29,30)31)26(32,33)34/h1-8,20H,9-16H2,(H,35,37). The zero-order valence-electron chi connectivity index (χ0n) is 21.4. The summed E-state index contributed by atoms with van der Waals surface area (Å²) in [5.41, 5.74) is -7.58. The molecule has 41 heavy (non-hydrogen) atoms. The number of sulfone groups is 1. The van der Waals surface area contributed by atoms with Crippen LogP contribution < -0.4 is 5.32 Å². The molecule has 1 aliphatic heterocycles. The molecule has 0 aromatic heterocycles. The van der Waals surface area contributed by atoms with Crippen LogP contribution in [0.1, 0.15) is 36.8 Å². The summed E-state index contributed by atoms with van der Waals surface area (Å²) in [4.78, 5) is 13.8. The summed E-state index contributed by atoms with van der Waals surface area (Å²) in [5, 5.41) is 2.83. The molecule has 0 unspecified atom stereocenters. The first-order valence-electron chi connectivity index (χ1n) is 12.6. The zero-order valence-corrected chi connectivity index (χ0v) is 22.2. The topological polar surface area (TPSA) is 75.7 Å². The van der Waals surface area contributed by atoms with Crippen LogP contribution in [0.25, 0.3) is 0 Å². The number of hydrogen-bond donors (Lipinski definition) is 1. The molecule has 2 fully saturated rings. The molecule has 6 nitrogen and oxygen atoms in total. The summed E-state index contributed by atoms with van der Waals surface area (Å²) in [5.74, 6) is -0.726. The van der Waals surface area contributed by atoms with E-state index in [1.165, 1.54) is 4.90 Å². The molecule has 0 atom stereocenters. The predicted octanol–water partition coefficient (Wildman–Crippen LogP) is 5.77. The molecule has 0 radical (unpaired) electrons. The van der Waals surface area contributed by atoms with Crippen LogP contribution in [0.3, 0.4) is 0 Å². The number of carbonyl (C=O) groups excluding carboxylic acids is 1. The molecule has 2 aromatic rings. The van der Waals surface area contributed by atoms with Gasteiger partial charge in [-0.15, -0.1) is 0 Å². The van der Waals surface area contributed by atoms with Gasteiger partial charge in [-0.1, -0.05) is 24.3 Å². The SMILES string of the molecule is O=C(NC1CCC(c2ccc(C(F)(C(F)(F)F)C(F)(F)F)cc2)(S(=O)(=O)c2ccc(F)cc2)CC1)N1CCOCC1. The highest BCUT2D eigenvalue weighted by molar-refractivity contribution is 7.92. The smallest absolute Gasteiger partial charge is 0.378 e. The van der Waals surface area contributed by atoms with Gasteiger partial charge < -0.3 is 15.0 Å². The second-order valence-electron chi connectivity index (χ2n) is 10.0. The van der Waals surface area contributed by atoms with Gasteiger partial charge in [-0.25, -0.2) is 22.0 Å². The first kappa shape index (κ1) is 31.0. The minimum atomic E-state index is -6.33. The maximum absolute atomic E-state index is 14.6. The highest BCUT2D eigenvalue weighted by Gasteiger charge is 2.73. The van der Waals surface area contributed by atoms with E-state index >= 15 is 0 Å². The number of ether oxygens (including phenoxy) is 1. The Hall–Kier alpha value is -2.94. The number of nitrogens with one attached hydrogen (secondary N) is 1. The Morgan fingerprint density at radius 1 is 0.854 bits per heavy atom. The lowest BCUT2D eigenvalue weighted by Gasteiger charge is -2.41. The molecule has 1 saturated heterocycles. The van der Waals surface area contributed by atoms with Crippen LogP contribution in [0.5, 0.6) is 0 Å². The average Bonchev–Trinajstić information content (AvgIpc) is 2.92. The molecular formula is C26H26F8N2O4S. The van der Waals surface area contributed by atoms with E-state index in [4.69, 9.17) is 4.74 Å². The quantitative estimate of drug-likeness (QED) is 0.343. The zero-order chi connectivity index (χ0) is 30.3. The largest absolute Gasteiger partial charge is 0.435 e. The van der Waals surface area contributed by atoms with Gasteiger partial charge in [0.1, 0.15) is 10.6 Å². The lowest BCUT2D eigenvalue weighted by Crippen LogP contribution is -2.51. The van der Waals surface area contributed by atoms with E-state index in [0.29, 0.717) is 26.3 Å². The maximum atomic E-state index is 14.6. The van der Waals surface area contributed by atoms with Crippen molar-refractivity contribution in [1.29, 1.82) is 0 Å². The highest BCUT2D eigenvalue weighted by Crippen LogP contribution is 2.54. The summed E-state index contributed by atoms with van der Waals surface area (Å²) in [6.45, 7) is 1.44. The van der Waals surface area contributed by atoms with E-state index in [1.54, 1.807) is 0 Å². The number of hydrogen-bond acceptors (Lipinski definition) is 4. The van der Waals surface area contributed by atoms with Crippen LogP contribution in [0, 0.1) is 5.82 Å². The fourth-order valence-electron chi connectivity index (χ4n) is 5.30. The summed E-state index contributed by atoms with van der Waals surface area (Å²) in [6, 6.07) is 5.02. The Balaban J connectivity index is 1.69. The minimum Gasteiger partial charge on any atom is -0.378 e. The van der Waals surface area contributed by atoms with Gasteiger partial charge in [-0.3, -0.25) is 0 Å². The minimum absolute atomic E-state index is 0.0937. The molecule has 4 rings (SSSR count). The molecule has 226 valence electrons. The van der Waals surface area contributed by atoms with Gasteiger partial charge in [0.05, 0.1) is 18.1 Å². The van der Waals surface area contributed by atoms with Crippen LogP contribution in [0.15, 0.2) is 53.4 Å². The number of benzene rings is 2. The molecule has 1 aliphatic carbocycles. The van der Waals surface area contributed by atoms with Crippen molar-refractivity contribution in [3.8, 4) is 0 Å². The lowest BCUT2D eigenvalue weighted by molar-refractivity contribution is -0.348. The molecule has 0 spiro atoms. The number of rotatable bonds is 5. The summed E-state index contributed by atoms with van der Waals surface area (Å²) >= 11 is 0. The van der Waals surface area contributed by atoms with E-state index < -0.39 is 50.0 Å². The van der Waals surface area contributed by atoms with Gasteiger partial charge in [0.25, 0.3) is 0 Å². The number of carbonyl (C=O) groups is 1. The fraction of sp³-hybridized carbons (Fsp3) is 0.500. The van der Waals surface area contributed by atoms with Crippen molar-refractivity contribution in [2.75, 3.05) is 26.3 Å². The lowest BCUT2D eigenvalue weighted by atomic mass is 9.80. The second kappa shape index (κ2) is 11.0. The van der Waals surface area contributed by atoms with E-state index in [0.717, 1.165) is 36.4 Å². The summed E-state index contributed by atoms with van der Waals surface area (Å²) in [7, 11) is -4.42. The monoisotopic (exact) mass is 614 g/mol. The number of nitrogens with zero attached hydrogens (tertiary/aromatic N) is 1. The Morgan fingerprint density at radius 2 is 1.37 bits per heavy atom. The molecule has 1 heterocycles. The van der Waals surface area contributed by atoms with Crippen LogP contribution in [0.2, 0.25) is 0 Å². The number of halogens is 8. The third-order valence-corrected chi connectivity index (χ3v) is 10.2. The first-order chi connectivity index (χ1) is 19.0. The normalized spacial score (nSPS) is 22.8. The Labute approximate surface area is 230 Å². The van der Waals surface area contributed by atoms with Gasteiger partial charge >= 0.3 is 24.1 Å². The summed E-state index contributed by atoms with van der Waals surface area (Å²) < 4.78 is 139. The van der Waals surface area contributed by atoms with Crippen LogP contribution >= 0.6 is 0 Å². The number of alkyl halides is 7. The van der Waals surface area contributed by atoms with Gasteiger partial charge in [0, 0.05) is 24.7 Å².